The van der Waals surface area contributed by atoms with Crippen LogP contribution in [0.25, 0.3) is 0 Å². The second-order valence-corrected chi connectivity index (χ2v) is 8.09. The van der Waals surface area contributed by atoms with E-state index in [9.17, 15) is 9.18 Å². The van der Waals surface area contributed by atoms with Crippen LogP contribution < -0.4 is 5.43 Å². The Bertz CT molecular complexity index is 571. The number of hydrogen-bond donors (Lipinski definition) is 1. The summed E-state index contributed by atoms with van der Waals surface area (Å²) in [4.78, 5) is 12.3. The maximum absolute atomic E-state index is 13.5. The SMILES string of the molecule is CC(C)(C)C1CCC(=NNC(=O)CSc2ccccc2F)CC1. The van der Waals surface area contributed by atoms with Gasteiger partial charge in [0.25, 0.3) is 0 Å². The predicted octanol–water partition coefficient (Wildman–Crippen LogP) is 4.63. The zero-order valence-electron chi connectivity index (χ0n) is 14.1. The molecule has 2 rings (SSSR count). The lowest BCUT2D eigenvalue weighted by Gasteiger charge is -2.34. The molecule has 0 aliphatic heterocycles. The van der Waals surface area contributed by atoms with E-state index >= 15 is 0 Å². The number of carbonyl (C=O) groups excluding carboxylic acids is 1. The highest BCUT2D eigenvalue weighted by atomic mass is 32.2. The highest BCUT2D eigenvalue weighted by Gasteiger charge is 2.28. The second-order valence-electron chi connectivity index (χ2n) is 7.07. The fourth-order valence-electron chi connectivity index (χ4n) is 2.81. The first-order valence-corrected chi connectivity index (χ1v) is 9.06. The van der Waals surface area contributed by atoms with Crippen molar-refractivity contribution < 1.29 is 9.18 Å². The van der Waals surface area contributed by atoms with Crippen LogP contribution in [0.15, 0.2) is 34.3 Å². The molecule has 1 aliphatic carbocycles. The molecule has 0 aromatic heterocycles. The van der Waals surface area contributed by atoms with Crippen LogP contribution in [-0.4, -0.2) is 17.4 Å². The van der Waals surface area contributed by atoms with E-state index in [4.69, 9.17) is 0 Å². The molecule has 0 unspecified atom stereocenters. The lowest BCUT2D eigenvalue weighted by molar-refractivity contribution is -0.118. The molecule has 1 N–H and O–H groups in total. The summed E-state index contributed by atoms with van der Waals surface area (Å²) in [7, 11) is 0. The van der Waals surface area contributed by atoms with E-state index in [1.165, 1.54) is 17.8 Å². The highest BCUT2D eigenvalue weighted by Crippen LogP contribution is 2.36. The Morgan fingerprint density at radius 2 is 1.96 bits per heavy atom. The summed E-state index contributed by atoms with van der Waals surface area (Å²) in [5.74, 6) is 0.400. The van der Waals surface area contributed by atoms with Crippen LogP contribution in [0, 0.1) is 17.2 Å². The minimum absolute atomic E-state index is 0.169. The predicted molar refractivity (Wildman–Crippen MR) is 94.1 cm³/mol. The molecule has 5 heteroatoms. The Kier molecular flexibility index (Phi) is 6.22. The molecule has 1 saturated carbocycles. The van der Waals surface area contributed by atoms with Crippen molar-refractivity contribution in [3.05, 3.63) is 30.1 Å². The molecular formula is C18H25FN2OS. The number of hydrogen-bond acceptors (Lipinski definition) is 3. The van der Waals surface area contributed by atoms with Gasteiger partial charge >= 0.3 is 0 Å². The van der Waals surface area contributed by atoms with Gasteiger partial charge in [-0.3, -0.25) is 4.79 Å². The van der Waals surface area contributed by atoms with E-state index in [-0.39, 0.29) is 17.5 Å². The maximum atomic E-state index is 13.5. The van der Waals surface area contributed by atoms with Crippen molar-refractivity contribution >= 4 is 23.4 Å². The number of halogens is 1. The first-order valence-electron chi connectivity index (χ1n) is 8.08. The van der Waals surface area contributed by atoms with E-state index in [1.807, 2.05) is 0 Å². The van der Waals surface area contributed by atoms with Gasteiger partial charge in [-0.05, 0) is 49.1 Å². The van der Waals surface area contributed by atoms with E-state index in [1.54, 1.807) is 18.2 Å². The van der Waals surface area contributed by atoms with E-state index < -0.39 is 0 Å². The van der Waals surface area contributed by atoms with Gasteiger partial charge in [-0.25, -0.2) is 9.82 Å². The molecule has 0 atom stereocenters. The zero-order chi connectivity index (χ0) is 16.9. The van der Waals surface area contributed by atoms with Gasteiger partial charge in [0, 0.05) is 10.6 Å². The van der Waals surface area contributed by atoms with Gasteiger partial charge in [0.1, 0.15) is 5.82 Å². The van der Waals surface area contributed by atoms with Crippen LogP contribution in [0.4, 0.5) is 4.39 Å². The smallest absolute Gasteiger partial charge is 0.250 e. The molecule has 0 bridgehead atoms. The Balaban J connectivity index is 1.75. The van der Waals surface area contributed by atoms with Crippen LogP contribution in [0.3, 0.4) is 0 Å². The van der Waals surface area contributed by atoms with Gasteiger partial charge in [-0.2, -0.15) is 5.10 Å². The number of hydrazone groups is 1. The Morgan fingerprint density at radius 3 is 2.57 bits per heavy atom. The number of thioether (sulfide) groups is 1. The third kappa shape index (κ3) is 5.65. The second kappa shape index (κ2) is 7.95. The number of amides is 1. The summed E-state index contributed by atoms with van der Waals surface area (Å²) in [6.45, 7) is 6.84. The van der Waals surface area contributed by atoms with Crippen molar-refractivity contribution in [2.75, 3.05) is 5.75 Å². The average Bonchev–Trinajstić information content (AvgIpc) is 2.51. The van der Waals surface area contributed by atoms with Gasteiger partial charge in [0.2, 0.25) is 5.91 Å². The summed E-state index contributed by atoms with van der Waals surface area (Å²) in [6.07, 6.45) is 4.15. The van der Waals surface area contributed by atoms with Gasteiger partial charge in [0.05, 0.1) is 5.75 Å². The van der Waals surface area contributed by atoms with Crippen molar-refractivity contribution in [3.8, 4) is 0 Å². The summed E-state index contributed by atoms with van der Waals surface area (Å²) >= 11 is 1.19. The summed E-state index contributed by atoms with van der Waals surface area (Å²) in [5.41, 5.74) is 4.00. The van der Waals surface area contributed by atoms with Crippen LogP contribution in [0.5, 0.6) is 0 Å². The molecule has 1 aromatic rings. The minimum atomic E-state index is -0.294. The lowest BCUT2D eigenvalue weighted by atomic mass is 9.72. The third-order valence-corrected chi connectivity index (χ3v) is 5.37. The number of carbonyl (C=O) groups is 1. The number of nitrogens with one attached hydrogen (secondary N) is 1. The van der Waals surface area contributed by atoms with Crippen LogP contribution in [0.2, 0.25) is 0 Å². The van der Waals surface area contributed by atoms with E-state index in [0.29, 0.717) is 16.2 Å². The Morgan fingerprint density at radius 1 is 1.30 bits per heavy atom. The molecule has 0 radical (unpaired) electrons. The van der Waals surface area contributed by atoms with E-state index in [0.717, 1.165) is 31.4 Å². The van der Waals surface area contributed by atoms with Crippen molar-refractivity contribution in [1.29, 1.82) is 0 Å². The number of rotatable bonds is 4. The molecule has 1 aliphatic rings. The Labute approximate surface area is 142 Å². The van der Waals surface area contributed by atoms with Crippen molar-refractivity contribution in [2.24, 2.45) is 16.4 Å². The summed E-state index contributed by atoms with van der Waals surface area (Å²) in [5, 5.41) is 4.24. The van der Waals surface area contributed by atoms with E-state index in [2.05, 4.69) is 31.3 Å². The standard InChI is InChI=1S/C18H25FN2OS/c1-18(2,3)13-8-10-14(11-9-13)20-21-17(22)12-23-16-7-5-4-6-15(16)19/h4-7,13H,8-12H2,1-3H3,(H,21,22). The summed E-state index contributed by atoms with van der Waals surface area (Å²) in [6, 6.07) is 6.47. The van der Waals surface area contributed by atoms with Crippen LogP contribution in [0.1, 0.15) is 46.5 Å². The maximum Gasteiger partial charge on any atom is 0.250 e. The number of nitrogens with zero attached hydrogens (tertiary/aromatic N) is 1. The molecular weight excluding hydrogens is 311 g/mol. The quantitative estimate of drug-likeness (QED) is 0.643. The number of benzene rings is 1. The van der Waals surface area contributed by atoms with Gasteiger partial charge in [0.15, 0.2) is 0 Å². The average molecular weight is 336 g/mol. The minimum Gasteiger partial charge on any atom is -0.272 e. The monoisotopic (exact) mass is 336 g/mol. The van der Waals surface area contributed by atoms with Gasteiger partial charge in [-0.15, -0.1) is 11.8 Å². The van der Waals surface area contributed by atoms with Crippen LogP contribution >= 0.6 is 11.8 Å². The third-order valence-electron chi connectivity index (χ3n) is 4.32. The molecule has 3 nitrogen and oxygen atoms in total. The largest absolute Gasteiger partial charge is 0.272 e. The normalized spacial score (nSPS) is 18.6. The van der Waals surface area contributed by atoms with Crippen molar-refractivity contribution in [3.63, 3.8) is 0 Å². The molecule has 23 heavy (non-hydrogen) atoms. The van der Waals surface area contributed by atoms with Gasteiger partial charge in [-0.1, -0.05) is 32.9 Å². The van der Waals surface area contributed by atoms with Crippen molar-refractivity contribution in [1.82, 2.24) is 5.43 Å². The topological polar surface area (TPSA) is 41.5 Å². The zero-order valence-corrected chi connectivity index (χ0v) is 14.9. The molecule has 0 heterocycles. The molecule has 1 amide bonds. The highest BCUT2D eigenvalue weighted by molar-refractivity contribution is 8.00. The molecule has 1 fully saturated rings. The summed E-state index contributed by atoms with van der Waals surface area (Å²) < 4.78 is 13.5. The molecule has 1 aromatic carbocycles. The first-order chi connectivity index (χ1) is 10.9. The Hall–Kier alpha value is -1.36. The lowest BCUT2D eigenvalue weighted by Crippen LogP contribution is -2.28. The molecule has 126 valence electrons. The first kappa shape index (κ1) is 18.0. The van der Waals surface area contributed by atoms with Crippen molar-refractivity contribution in [2.45, 2.75) is 51.3 Å². The molecule has 0 saturated heterocycles. The molecule has 0 spiro atoms. The van der Waals surface area contributed by atoms with Gasteiger partial charge < -0.3 is 0 Å². The van der Waals surface area contributed by atoms with Crippen LogP contribution in [-0.2, 0) is 4.79 Å². The fraction of sp³-hybridized carbons (Fsp3) is 0.556. The fourth-order valence-corrected chi connectivity index (χ4v) is 3.54.